The minimum atomic E-state index is -0.113. The molecule has 0 aliphatic carbocycles. The summed E-state index contributed by atoms with van der Waals surface area (Å²) >= 11 is 1.82. The number of hydrogen-bond acceptors (Lipinski definition) is 5. The molecule has 2 fully saturated rings. The zero-order valence-electron chi connectivity index (χ0n) is 16.8. The molecule has 1 aromatic heterocycles. The fourth-order valence-corrected chi connectivity index (χ4v) is 6.15. The highest BCUT2D eigenvalue weighted by molar-refractivity contribution is 8.14. The van der Waals surface area contributed by atoms with Crippen LogP contribution >= 0.6 is 11.8 Å². The predicted octanol–water partition coefficient (Wildman–Crippen LogP) is 5.19. The van der Waals surface area contributed by atoms with Crippen molar-refractivity contribution in [3.63, 3.8) is 0 Å². The number of fused-ring (bicyclic) bond motifs is 1. The quantitative estimate of drug-likeness (QED) is 0.694. The molecule has 3 aliphatic heterocycles. The number of benzene rings is 1. The van der Waals surface area contributed by atoms with Crippen LogP contribution in [0.3, 0.4) is 0 Å². The fraction of sp³-hybridized carbons (Fsp3) is 0.478. The minimum absolute atomic E-state index is 0.00440. The molecule has 0 bridgehead atoms. The van der Waals surface area contributed by atoms with E-state index in [4.69, 9.17) is 4.99 Å². The lowest BCUT2D eigenvalue weighted by molar-refractivity contribution is 0.255. The van der Waals surface area contributed by atoms with Gasteiger partial charge in [-0.3, -0.25) is 9.98 Å². The lowest BCUT2D eigenvalue weighted by Gasteiger charge is -2.33. The van der Waals surface area contributed by atoms with Crippen LogP contribution in [0.1, 0.15) is 55.9 Å². The second kappa shape index (κ2) is 7.98. The van der Waals surface area contributed by atoms with Crippen LogP contribution in [-0.4, -0.2) is 39.9 Å². The van der Waals surface area contributed by atoms with Gasteiger partial charge in [0.1, 0.15) is 11.9 Å². The summed E-state index contributed by atoms with van der Waals surface area (Å²) in [4.78, 5) is 14.2. The van der Waals surface area contributed by atoms with E-state index in [9.17, 15) is 0 Å². The van der Waals surface area contributed by atoms with E-state index >= 15 is 4.39 Å². The Morgan fingerprint density at radius 1 is 1.14 bits per heavy atom. The van der Waals surface area contributed by atoms with Crippen molar-refractivity contribution in [3.05, 3.63) is 59.7 Å². The number of halogens is 1. The van der Waals surface area contributed by atoms with Crippen LogP contribution < -0.4 is 4.90 Å². The zero-order chi connectivity index (χ0) is 19.8. The highest BCUT2D eigenvalue weighted by atomic mass is 32.2. The van der Waals surface area contributed by atoms with Gasteiger partial charge in [-0.15, -0.1) is 0 Å². The van der Waals surface area contributed by atoms with Gasteiger partial charge in [0.25, 0.3) is 0 Å². The van der Waals surface area contributed by atoms with Gasteiger partial charge in [0.05, 0.1) is 17.4 Å². The topological polar surface area (TPSA) is 31.7 Å². The van der Waals surface area contributed by atoms with Crippen LogP contribution in [0.25, 0.3) is 0 Å². The number of nitrogens with zero attached hydrogens (tertiary/aromatic N) is 4. The van der Waals surface area contributed by atoms with Crippen LogP contribution in [-0.2, 0) is 0 Å². The van der Waals surface area contributed by atoms with Crippen LogP contribution in [0.2, 0.25) is 0 Å². The van der Waals surface area contributed by atoms with Crippen LogP contribution in [0.5, 0.6) is 0 Å². The smallest absolute Gasteiger partial charge is 0.160 e. The molecule has 5 rings (SSSR count). The maximum Gasteiger partial charge on any atom is 0.160 e. The number of rotatable bonds is 4. The van der Waals surface area contributed by atoms with Crippen LogP contribution in [0, 0.1) is 5.82 Å². The third-order valence-corrected chi connectivity index (χ3v) is 7.47. The van der Waals surface area contributed by atoms with E-state index in [2.05, 4.69) is 27.8 Å². The summed E-state index contributed by atoms with van der Waals surface area (Å²) in [5.74, 6) is 0.937. The fourth-order valence-electron chi connectivity index (χ4n) is 4.81. The summed E-state index contributed by atoms with van der Waals surface area (Å²) < 4.78 is 15.2. The third-order valence-electron chi connectivity index (χ3n) is 6.34. The molecule has 4 nitrogen and oxygen atoms in total. The van der Waals surface area contributed by atoms with Crippen molar-refractivity contribution >= 4 is 22.6 Å². The Hall–Kier alpha value is -2.08. The second-order valence-corrected chi connectivity index (χ2v) is 9.08. The average molecular weight is 411 g/mol. The number of piperidine rings is 1. The predicted molar refractivity (Wildman–Crippen MR) is 118 cm³/mol. The van der Waals surface area contributed by atoms with Gasteiger partial charge in [0.15, 0.2) is 5.17 Å². The standard InChI is InChI=1S/C23H27FN4S/c1-2-17-15-29-23-26-21(19-8-4-5-11-25-19)22(28(17)23)16-9-10-20(18(24)14-16)27-12-6-3-7-13-27/h4-5,8-11,14,17,21-22H,2-3,6-7,12-13,15H2,1H3/t17-,21-,22-/m1/s1. The molecule has 0 spiro atoms. The van der Waals surface area contributed by atoms with E-state index in [1.807, 2.05) is 42.2 Å². The number of aromatic nitrogens is 1. The molecular formula is C23H27FN4S. The molecule has 2 saturated heterocycles. The van der Waals surface area contributed by atoms with Gasteiger partial charge in [-0.25, -0.2) is 4.39 Å². The summed E-state index contributed by atoms with van der Waals surface area (Å²) in [5.41, 5.74) is 2.69. The lowest BCUT2D eigenvalue weighted by Crippen LogP contribution is -2.35. The Morgan fingerprint density at radius 3 is 2.72 bits per heavy atom. The lowest BCUT2D eigenvalue weighted by atomic mass is 9.94. The summed E-state index contributed by atoms with van der Waals surface area (Å²) in [6.07, 6.45) is 6.42. The van der Waals surface area contributed by atoms with Crippen molar-refractivity contribution in [1.82, 2.24) is 9.88 Å². The van der Waals surface area contributed by atoms with E-state index < -0.39 is 0 Å². The van der Waals surface area contributed by atoms with E-state index in [0.717, 1.165) is 60.2 Å². The molecule has 152 valence electrons. The van der Waals surface area contributed by atoms with Gasteiger partial charge in [0.2, 0.25) is 0 Å². The molecular weight excluding hydrogens is 383 g/mol. The molecule has 1 aromatic carbocycles. The monoisotopic (exact) mass is 410 g/mol. The van der Waals surface area contributed by atoms with Gasteiger partial charge in [0, 0.05) is 31.1 Å². The Kier molecular flexibility index (Phi) is 5.20. The molecule has 0 unspecified atom stereocenters. The molecule has 3 atom stereocenters. The maximum atomic E-state index is 15.2. The van der Waals surface area contributed by atoms with E-state index in [0.29, 0.717) is 6.04 Å². The molecule has 0 N–H and O–H groups in total. The van der Waals surface area contributed by atoms with E-state index in [1.54, 1.807) is 6.07 Å². The van der Waals surface area contributed by atoms with Crippen molar-refractivity contribution < 1.29 is 4.39 Å². The number of anilines is 1. The Bertz CT molecular complexity index is 897. The Morgan fingerprint density at radius 2 is 2.00 bits per heavy atom. The van der Waals surface area contributed by atoms with Crippen molar-refractivity contribution in [3.8, 4) is 0 Å². The first-order chi connectivity index (χ1) is 14.3. The summed E-state index contributed by atoms with van der Waals surface area (Å²) in [7, 11) is 0. The molecule has 0 saturated carbocycles. The molecule has 0 radical (unpaired) electrons. The largest absolute Gasteiger partial charge is 0.369 e. The van der Waals surface area contributed by atoms with Crippen LogP contribution in [0.4, 0.5) is 10.1 Å². The number of hydrogen-bond donors (Lipinski definition) is 0. The first kappa shape index (κ1) is 18.9. The second-order valence-electron chi connectivity index (χ2n) is 8.09. The van der Waals surface area contributed by atoms with E-state index in [-0.39, 0.29) is 17.9 Å². The average Bonchev–Trinajstić information content (AvgIpc) is 3.34. The van der Waals surface area contributed by atoms with E-state index in [1.165, 1.54) is 6.42 Å². The zero-order valence-corrected chi connectivity index (χ0v) is 17.6. The molecule has 6 heteroatoms. The van der Waals surface area contributed by atoms with Gasteiger partial charge in [-0.05, 0) is 55.5 Å². The van der Waals surface area contributed by atoms with Gasteiger partial charge < -0.3 is 9.80 Å². The molecule has 2 aromatic rings. The Balaban J connectivity index is 1.52. The highest BCUT2D eigenvalue weighted by Crippen LogP contribution is 2.48. The maximum absolute atomic E-state index is 15.2. The van der Waals surface area contributed by atoms with Crippen LogP contribution in [0.15, 0.2) is 47.6 Å². The van der Waals surface area contributed by atoms with Gasteiger partial charge in [-0.2, -0.15) is 0 Å². The van der Waals surface area contributed by atoms with Crippen molar-refractivity contribution in [1.29, 1.82) is 0 Å². The summed E-state index contributed by atoms with van der Waals surface area (Å²) in [6.45, 7) is 4.12. The van der Waals surface area contributed by atoms with Crippen molar-refractivity contribution in [2.75, 3.05) is 23.7 Å². The molecule has 4 heterocycles. The molecule has 0 amide bonds. The number of aliphatic imine (C=N–C) groups is 1. The summed E-state index contributed by atoms with van der Waals surface area (Å²) in [6, 6.07) is 12.2. The first-order valence-corrected chi connectivity index (χ1v) is 11.7. The minimum Gasteiger partial charge on any atom is -0.369 e. The number of pyridine rings is 1. The van der Waals surface area contributed by atoms with Gasteiger partial charge in [-0.1, -0.05) is 30.8 Å². The molecule has 3 aliphatic rings. The highest BCUT2D eigenvalue weighted by Gasteiger charge is 2.45. The SMILES string of the molecule is CC[C@@H]1CSC2=N[C@H](c3ccccn3)[C@@H](c3ccc(N4CCCCC4)c(F)c3)N21. The first-order valence-electron chi connectivity index (χ1n) is 10.7. The van der Waals surface area contributed by atoms with Crippen molar-refractivity contribution in [2.24, 2.45) is 4.99 Å². The number of amidine groups is 1. The number of thioether (sulfide) groups is 1. The van der Waals surface area contributed by atoms with Gasteiger partial charge >= 0.3 is 0 Å². The summed E-state index contributed by atoms with van der Waals surface area (Å²) in [5, 5.41) is 1.08. The molecule has 29 heavy (non-hydrogen) atoms. The normalized spacial score (nSPS) is 26.6. The van der Waals surface area contributed by atoms with Crippen molar-refractivity contribution in [2.45, 2.75) is 50.7 Å². The Labute approximate surface area is 176 Å². The third kappa shape index (κ3) is 3.41.